The maximum Gasteiger partial charge on any atom is 0.443 e. The van der Waals surface area contributed by atoms with Crippen LogP contribution in [0.2, 0.25) is 19.6 Å². The molecule has 0 aliphatic rings. The summed E-state index contributed by atoms with van der Waals surface area (Å²) in [5.41, 5.74) is 1.86. The van der Waals surface area contributed by atoms with Gasteiger partial charge in [-0.15, -0.1) is 0 Å². The summed E-state index contributed by atoms with van der Waals surface area (Å²) in [4.78, 5) is 1.72. The van der Waals surface area contributed by atoms with Crippen LogP contribution in [0, 0.1) is 0 Å². The van der Waals surface area contributed by atoms with Crippen molar-refractivity contribution in [2.45, 2.75) is 44.7 Å². The fraction of sp³-hybridized carbons (Fsp3) is 0.429. The quantitative estimate of drug-likeness (QED) is 0.405. The van der Waals surface area contributed by atoms with Gasteiger partial charge in [-0.1, -0.05) is 60.7 Å². The number of alkyl halides is 3. The Hall–Kier alpha value is -1.67. The van der Waals surface area contributed by atoms with E-state index < -0.39 is 26.8 Å². The summed E-state index contributed by atoms with van der Waals surface area (Å²) in [5, 5.41) is 0. The highest BCUT2D eigenvalue weighted by atomic mass is 28.4. The van der Waals surface area contributed by atoms with Gasteiger partial charge >= 0.3 is 6.18 Å². The largest absolute Gasteiger partial charge is 0.443 e. The minimum Gasteiger partial charge on any atom is -0.383 e. The van der Waals surface area contributed by atoms with Crippen LogP contribution in [0.15, 0.2) is 60.7 Å². The number of hydrogen-bond donors (Lipinski definition) is 0. The van der Waals surface area contributed by atoms with Crippen LogP contribution < -0.4 is 0 Å². The first kappa shape index (κ1) is 22.6. The fourth-order valence-electron chi connectivity index (χ4n) is 3.04. The summed E-state index contributed by atoms with van der Waals surface area (Å²) in [6.07, 6.45) is -4.66. The van der Waals surface area contributed by atoms with Gasteiger partial charge in [0.1, 0.15) is 0 Å². The Morgan fingerprint density at radius 2 is 1.25 bits per heavy atom. The second kappa shape index (κ2) is 9.22. The molecule has 0 radical (unpaired) electrons. The van der Waals surface area contributed by atoms with E-state index in [1.54, 1.807) is 24.5 Å². The van der Waals surface area contributed by atoms with Crippen LogP contribution in [0.5, 0.6) is 0 Å². The SMILES string of the molecule is COC(CN(Cc1ccccc1)Cc1ccccc1)(O[Si](C)(C)C)C(F)(F)F. The van der Waals surface area contributed by atoms with Crippen molar-refractivity contribution in [3.05, 3.63) is 71.8 Å². The smallest absolute Gasteiger partial charge is 0.383 e. The Balaban J connectivity index is 2.35. The number of ether oxygens (including phenoxy) is 1. The predicted octanol–water partition coefficient (Wildman–Crippen LogP) is 5.45. The van der Waals surface area contributed by atoms with E-state index in [9.17, 15) is 13.2 Å². The van der Waals surface area contributed by atoms with Gasteiger partial charge in [-0.05, 0) is 30.8 Å². The third-order valence-electron chi connectivity index (χ3n) is 4.16. The highest BCUT2D eigenvalue weighted by Gasteiger charge is 2.59. The lowest BCUT2D eigenvalue weighted by molar-refractivity contribution is -0.353. The minimum absolute atomic E-state index is 0.353. The van der Waals surface area contributed by atoms with Gasteiger partial charge in [0.05, 0.1) is 6.54 Å². The summed E-state index contributed by atoms with van der Waals surface area (Å²) in [7, 11) is -1.48. The molecular formula is C21H28F3NO2Si. The van der Waals surface area contributed by atoms with Gasteiger partial charge < -0.3 is 9.16 Å². The molecular weight excluding hydrogens is 383 g/mol. The van der Waals surface area contributed by atoms with Gasteiger partial charge in [0.2, 0.25) is 0 Å². The monoisotopic (exact) mass is 411 g/mol. The predicted molar refractivity (Wildman–Crippen MR) is 107 cm³/mol. The average Bonchev–Trinajstić information content (AvgIpc) is 2.60. The molecule has 1 atom stereocenters. The molecule has 0 saturated carbocycles. The number of rotatable bonds is 9. The van der Waals surface area contributed by atoms with Gasteiger partial charge in [0.15, 0.2) is 8.32 Å². The van der Waals surface area contributed by atoms with Crippen molar-refractivity contribution in [3.8, 4) is 0 Å². The van der Waals surface area contributed by atoms with Crippen LogP contribution in [0.25, 0.3) is 0 Å². The van der Waals surface area contributed by atoms with E-state index >= 15 is 0 Å². The number of benzene rings is 2. The molecule has 0 N–H and O–H groups in total. The molecule has 2 rings (SSSR count). The lowest BCUT2D eigenvalue weighted by Gasteiger charge is -2.42. The molecule has 0 heterocycles. The molecule has 0 aliphatic carbocycles. The molecule has 2 aromatic rings. The van der Waals surface area contributed by atoms with E-state index in [0.29, 0.717) is 13.1 Å². The molecule has 0 aliphatic heterocycles. The molecule has 3 nitrogen and oxygen atoms in total. The van der Waals surface area contributed by atoms with Crippen molar-refractivity contribution in [1.29, 1.82) is 0 Å². The van der Waals surface area contributed by atoms with E-state index in [2.05, 4.69) is 0 Å². The van der Waals surface area contributed by atoms with Crippen LogP contribution >= 0.6 is 0 Å². The molecule has 154 valence electrons. The summed E-state index contributed by atoms with van der Waals surface area (Å²) < 4.78 is 52.9. The third-order valence-corrected chi connectivity index (χ3v) is 5.10. The second-order valence-electron chi connectivity index (χ2n) is 7.79. The Labute approximate surface area is 166 Å². The number of methoxy groups -OCH3 is 1. The molecule has 2 aromatic carbocycles. The fourth-order valence-corrected chi connectivity index (χ4v) is 4.29. The van der Waals surface area contributed by atoms with E-state index in [0.717, 1.165) is 18.2 Å². The zero-order chi connectivity index (χ0) is 20.8. The molecule has 0 saturated heterocycles. The van der Waals surface area contributed by atoms with Crippen LogP contribution in [-0.4, -0.2) is 38.8 Å². The Morgan fingerprint density at radius 1 is 0.821 bits per heavy atom. The van der Waals surface area contributed by atoms with Crippen molar-refractivity contribution < 1.29 is 22.3 Å². The zero-order valence-corrected chi connectivity index (χ0v) is 17.8. The highest BCUT2D eigenvalue weighted by Crippen LogP contribution is 2.38. The van der Waals surface area contributed by atoms with Gasteiger partial charge in [0, 0.05) is 20.2 Å². The standard InChI is InChI=1S/C21H28F3NO2Si/c1-26-20(21(22,23)24,27-28(2,3)4)17-25(15-18-11-7-5-8-12-18)16-19-13-9-6-10-14-19/h5-14H,15-17H2,1-4H3. The summed E-state index contributed by atoms with van der Waals surface area (Å²) >= 11 is 0. The zero-order valence-electron chi connectivity index (χ0n) is 16.8. The average molecular weight is 412 g/mol. The highest BCUT2D eigenvalue weighted by molar-refractivity contribution is 6.69. The third kappa shape index (κ3) is 6.44. The summed E-state index contributed by atoms with van der Waals surface area (Å²) in [5.74, 6) is -2.67. The molecule has 7 heteroatoms. The number of halogens is 3. The van der Waals surface area contributed by atoms with Crippen molar-refractivity contribution >= 4 is 8.32 Å². The number of nitrogens with zero attached hydrogens (tertiary/aromatic N) is 1. The van der Waals surface area contributed by atoms with Gasteiger partial charge in [-0.25, -0.2) is 0 Å². The van der Waals surface area contributed by atoms with Crippen LogP contribution in [-0.2, 0) is 22.3 Å². The van der Waals surface area contributed by atoms with E-state index in [1.165, 1.54) is 0 Å². The molecule has 1 unspecified atom stereocenters. The molecule has 0 spiro atoms. The van der Waals surface area contributed by atoms with Crippen LogP contribution in [0.1, 0.15) is 11.1 Å². The Morgan fingerprint density at radius 3 is 1.57 bits per heavy atom. The van der Waals surface area contributed by atoms with Crippen molar-refractivity contribution in [3.63, 3.8) is 0 Å². The van der Waals surface area contributed by atoms with Crippen LogP contribution in [0.4, 0.5) is 13.2 Å². The van der Waals surface area contributed by atoms with Gasteiger partial charge in [-0.3, -0.25) is 4.90 Å². The topological polar surface area (TPSA) is 21.7 Å². The number of hydrogen-bond acceptors (Lipinski definition) is 3. The van der Waals surface area contributed by atoms with E-state index in [1.807, 2.05) is 60.7 Å². The van der Waals surface area contributed by atoms with E-state index in [4.69, 9.17) is 9.16 Å². The molecule has 0 amide bonds. The lowest BCUT2D eigenvalue weighted by Crippen LogP contribution is -2.60. The normalized spacial score (nSPS) is 14.9. The second-order valence-corrected chi connectivity index (χ2v) is 12.2. The van der Waals surface area contributed by atoms with Gasteiger partial charge in [-0.2, -0.15) is 13.2 Å². The maximum absolute atomic E-state index is 14.1. The van der Waals surface area contributed by atoms with Crippen molar-refractivity contribution in [1.82, 2.24) is 4.90 Å². The lowest BCUT2D eigenvalue weighted by atomic mass is 10.1. The minimum atomic E-state index is -4.66. The van der Waals surface area contributed by atoms with Crippen molar-refractivity contribution in [2.24, 2.45) is 0 Å². The molecule has 0 bridgehead atoms. The molecule has 0 fully saturated rings. The van der Waals surface area contributed by atoms with Gasteiger partial charge in [0.25, 0.3) is 5.79 Å². The summed E-state index contributed by atoms with van der Waals surface area (Å²) in [6.45, 7) is 5.47. The first-order valence-corrected chi connectivity index (χ1v) is 12.6. The van der Waals surface area contributed by atoms with Crippen LogP contribution in [0.3, 0.4) is 0 Å². The Bertz CT molecular complexity index is 678. The van der Waals surface area contributed by atoms with Crippen molar-refractivity contribution in [2.75, 3.05) is 13.7 Å². The first-order valence-electron chi connectivity index (χ1n) is 9.17. The Kier molecular flexibility index (Phi) is 7.44. The summed E-state index contributed by atoms with van der Waals surface area (Å²) in [6, 6.07) is 18.9. The first-order chi connectivity index (χ1) is 13.0. The molecule has 28 heavy (non-hydrogen) atoms. The molecule has 0 aromatic heterocycles. The maximum atomic E-state index is 14.1. The van der Waals surface area contributed by atoms with E-state index in [-0.39, 0.29) is 0 Å².